The number of amides is 1. The van der Waals surface area contributed by atoms with Crippen LogP contribution in [0, 0.1) is 0 Å². The molecule has 1 N–H and O–H groups in total. The van der Waals surface area contributed by atoms with Crippen LogP contribution in [0.5, 0.6) is 0 Å². The van der Waals surface area contributed by atoms with E-state index in [0.29, 0.717) is 6.04 Å². The van der Waals surface area contributed by atoms with Crippen LogP contribution in [0.1, 0.15) is 26.2 Å². The van der Waals surface area contributed by atoms with E-state index >= 15 is 0 Å². The van der Waals surface area contributed by atoms with Crippen molar-refractivity contribution >= 4 is 6.41 Å². The first-order valence-electron chi connectivity index (χ1n) is 3.74. The number of hydrazine groups is 1. The third kappa shape index (κ3) is 1.70. The first kappa shape index (κ1) is 7.54. The van der Waals surface area contributed by atoms with Crippen LogP contribution in [0.3, 0.4) is 0 Å². The largest absolute Gasteiger partial charge is 0.324 e. The second-order valence-electron chi connectivity index (χ2n) is 2.75. The summed E-state index contributed by atoms with van der Waals surface area (Å²) in [7, 11) is 0. The molecule has 3 nitrogen and oxygen atoms in total. The molecule has 1 fully saturated rings. The van der Waals surface area contributed by atoms with E-state index in [1.807, 2.05) is 5.01 Å². The first-order chi connectivity index (χ1) is 4.84. The lowest BCUT2D eigenvalue weighted by atomic mass is 10.1. The molecular weight excluding hydrogens is 128 g/mol. The van der Waals surface area contributed by atoms with Gasteiger partial charge in [0.1, 0.15) is 0 Å². The molecule has 57 valence electrons. The molecule has 0 aromatic rings. The lowest BCUT2D eigenvalue weighted by Crippen LogP contribution is -2.46. The summed E-state index contributed by atoms with van der Waals surface area (Å²) in [6.07, 6.45) is 5.32. The number of rotatable bonds is 2. The summed E-state index contributed by atoms with van der Waals surface area (Å²) in [6, 6.07) is 0.482. The Morgan fingerprint density at radius 1 is 1.60 bits per heavy atom. The Balaban J connectivity index is 2.32. The highest BCUT2D eigenvalue weighted by Crippen LogP contribution is 2.12. The zero-order valence-electron chi connectivity index (χ0n) is 6.26. The summed E-state index contributed by atoms with van der Waals surface area (Å²) in [5, 5.41) is 1.94. The minimum atomic E-state index is 0.482. The molecule has 1 aliphatic rings. The highest BCUT2D eigenvalue weighted by molar-refractivity contribution is 5.46. The van der Waals surface area contributed by atoms with Crippen molar-refractivity contribution in [3.8, 4) is 0 Å². The van der Waals surface area contributed by atoms with Crippen molar-refractivity contribution in [1.82, 2.24) is 10.4 Å². The third-order valence-electron chi connectivity index (χ3n) is 1.99. The Labute approximate surface area is 61.4 Å². The van der Waals surface area contributed by atoms with Gasteiger partial charge >= 0.3 is 6.41 Å². The predicted molar refractivity (Wildman–Crippen MR) is 38.8 cm³/mol. The van der Waals surface area contributed by atoms with Crippen LogP contribution in [0.25, 0.3) is 0 Å². The van der Waals surface area contributed by atoms with E-state index in [4.69, 9.17) is 0 Å². The minimum absolute atomic E-state index is 0.482. The molecule has 1 rings (SSSR count). The van der Waals surface area contributed by atoms with Gasteiger partial charge in [-0.1, -0.05) is 6.42 Å². The van der Waals surface area contributed by atoms with Crippen molar-refractivity contribution in [2.45, 2.75) is 32.2 Å². The van der Waals surface area contributed by atoms with E-state index in [-0.39, 0.29) is 0 Å². The third-order valence-corrected chi connectivity index (χ3v) is 1.99. The van der Waals surface area contributed by atoms with E-state index in [2.05, 4.69) is 12.3 Å². The Kier molecular flexibility index (Phi) is 2.68. The van der Waals surface area contributed by atoms with Gasteiger partial charge in [-0.3, -0.25) is 10.2 Å². The lowest BCUT2D eigenvalue weighted by Gasteiger charge is -2.31. The van der Waals surface area contributed by atoms with Crippen LogP contribution < -0.4 is 5.43 Å². The van der Waals surface area contributed by atoms with E-state index in [9.17, 15) is 4.79 Å². The van der Waals surface area contributed by atoms with Gasteiger partial charge in [-0.25, -0.2) is 5.01 Å². The smallest absolute Gasteiger partial charge is 0.280 e. The minimum Gasteiger partial charge on any atom is -0.280 e. The zero-order valence-corrected chi connectivity index (χ0v) is 6.26. The quantitative estimate of drug-likeness (QED) is 0.566. The van der Waals surface area contributed by atoms with Crippen LogP contribution in [0.4, 0.5) is 0 Å². The van der Waals surface area contributed by atoms with Crippen molar-refractivity contribution in [3.05, 3.63) is 0 Å². The molecule has 0 aromatic carbocycles. The molecule has 0 aromatic heterocycles. The van der Waals surface area contributed by atoms with Crippen LogP contribution in [-0.2, 0) is 4.79 Å². The van der Waals surface area contributed by atoms with Gasteiger partial charge in [0, 0.05) is 12.6 Å². The summed E-state index contributed by atoms with van der Waals surface area (Å²) in [5.41, 5.74) is 2.56. The normalized spacial score (nSPS) is 27.9. The highest BCUT2D eigenvalue weighted by Gasteiger charge is 2.16. The molecule has 1 radical (unpaired) electrons. The molecule has 0 saturated carbocycles. The molecular formula is C7H13N2O. The van der Waals surface area contributed by atoms with Gasteiger partial charge in [0.05, 0.1) is 0 Å². The summed E-state index contributed by atoms with van der Waals surface area (Å²) < 4.78 is 0. The van der Waals surface area contributed by atoms with Gasteiger partial charge in [0.15, 0.2) is 0 Å². The van der Waals surface area contributed by atoms with Crippen molar-refractivity contribution < 1.29 is 4.79 Å². The predicted octanol–water partition coefficient (Wildman–Crippen LogP) is 0.433. The SMILES string of the molecule is CC1CCCCN1N[C]=O. The standard InChI is InChI=1S/C7H13N2O/c1-7-4-2-3-5-9(7)8-6-10/h7H,2-5H2,1H3,(H,8,10). The molecule has 3 heteroatoms. The van der Waals surface area contributed by atoms with Crippen LogP contribution in [-0.4, -0.2) is 24.0 Å². The van der Waals surface area contributed by atoms with Crippen LogP contribution in [0.15, 0.2) is 0 Å². The first-order valence-corrected chi connectivity index (χ1v) is 3.74. The fourth-order valence-electron chi connectivity index (χ4n) is 1.32. The molecule has 0 bridgehead atoms. The van der Waals surface area contributed by atoms with Crippen LogP contribution in [0.2, 0.25) is 0 Å². The number of carbonyl (C=O) groups excluding carboxylic acids is 1. The van der Waals surface area contributed by atoms with Gasteiger partial charge in [0.25, 0.3) is 0 Å². The summed E-state index contributed by atoms with van der Waals surface area (Å²) in [5.74, 6) is 0. The summed E-state index contributed by atoms with van der Waals surface area (Å²) in [4.78, 5) is 9.94. The van der Waals surface area contributed by atoms with Gasteiger partial charge in [-0.2, -0.15) is 0 Å². The topological polar surface area (TPSA) is 32.3 Å². The average molecular weight is 141 g/mol. The Morgan fingerprint density at radius 3 is 3.00 bits per heavy atom. The van der Waals surface area contributed by atoms with Crippen molar-refractivity contribution in [1.29, 1.82) is 0 Å². The van der Waals surface area contributed by atoms with E-state index in [0.717, 1.165) is 6.54 Å². The number of hydrogen-bond donors (Lipinski definition) is 1. The second kappa shape index (κ2) is 3.56. The van der Waals surface area contributed by atoms with E-state index < -0.39 is 0 Å². The van der Waals surface area contributed by atoms with Crippen molar-refractivity contribution in [2.75, 3.05) is 6.54 Å². The zero-order chi connectivity index (χ0) is 7.40. The molecule has 1 unspecified atom stereocenters. The second-order valence-corrected chi connectivity index (χ2v) is 2.75. The molecule has 1 saturated heterocycles. The van der Waals surface area contributed by atoms with Crippen molar-refractivity contribution in [3.63, 3.8) is 0 Å². The Bertz CT molecular complexity index is 116. The molecule has 1 aliphatic heterocycles. The fraction of sp³-hybridized carbons (Fsp3) is 0.857. The summed E-state index contributed by atoms with van der Waals surface area (Å²) in [6.45, 7) is 3.08. The van der Waals surface area contributed by atoms with Gasteiger partial charge in [-0.05, 0) is 19.8 Å². The average Bonchev–Trinajstić information content (AvgIpc) is 1.94. The van der Waals surface area contributed by atoms with E-state index in [1.165, 1.54) is 19.3 Å². The molecule has 1 atom stereocenters. The molecule has 0 aliphatic carbocycles. The van der Waals surface area contributed by atoms with Gasteiger partial charge in [-0.15, -0.1) is 0 Å². The Morgan fingerprint density at radius 2 is 2.40 bits per heavy atom. The Hall–Kier alpha value is -0.570. The van der Waals surface area contributed by atoms with Crippen LogP contribution >= 0.6 is 0 Å². The van der Waals surface area contributed by atoms with E-state index in [1.54, 1.807) is 6.41 Å². The molecule has 10 heavy (non-hydrogen) atoms. The molecule has 1 heterocycles. The number of nitrogens with zero attached hydrogens (tertiary/aromatic N) is 1. The monoisotopic (exact) mass is 141 g/mol. The maximum atomic E-state index is 9.94. The maximum Gasteiger partial charge on any atom is 0.324 e. The number of piperidine rings is 1. The molecule has 0 spiro atoms. The number of hydrogen-bond acceptors (Lipinski definition) is 2. The van der Waals surface area contributed by atoms with Gasteiger partial charge in [0.2, 0.25) is 0 Å². The fourth-order valence-corrected chi connectivity index (χ4v) is 1.32. The molecule has 1 amide bonds. The van der Waals surface area contributed by atoms with Gasteiger partial charge < -0.3 is 0 Å². The maximum absolute atomic E-state index is 9.94. The summed E-state index contributed by atoms with van der Waals surface area (Å²) >= 11 is 0. The lowest BCUT2D eigenvalue weighted by molar-refractivity contribution is 0.127. The highest BCUT2D eigenvalue weighted by atomic mass is 16.1. The number of nitrogens with one attached hydrogen (secondary N) is 1. The van der Waals surface area contributed by atoms with Crippen molar-refractivity contribution in [2.24, 2.45) is 0 Å².